The summed E-state index contributed by atoms with van der Waals surface area (Å²) in [5, 5.41) is 0. The van der Waals surface area contributed by atoms with Crippen LogP contribution in [0.15, 0.2) is 24.6 Å². The quantitative estimate of drug-likeness (QED) is 0.458. The fourth-order valence-electron chi connectivity index (χ4n) is 0.764. The molecule has 0 atom stereocenters. The fraction of sp³-hybridized carbons (Fsp3) is 0.429. The monoisotopic (exact) mass is 109 g/mol. The first-order valence-electron chi connectivity index (χ1n) is 2.88. The van der Waals surface area contributed by atoms with Gasteiger partial charge in [-0.2, -0.15) is 0 Å². The maximum absolute atomic E-state index is 3.87. The maximum Gasteiger partial charge on any atom is 0.0108 e. The van der Waals surface area contributed by atoms with Gasteiger partial charge in [0.2, 0.25) is 0 Å². The molecule has 1 heteroatoms. The predicted molar refractivity (Wildman–Crippen MR) is 35.3 cm³/mol. The van der Waals surface area contributed by atoms with Crippen molar-refractivity contribution >= 4 is 0 Å². The second-order valence-electron chi connectivity index (χ2n) is 2.10. The summed E-state index contributed by atoms with van der Waals surface area (Å²) in [5.74, 6) is 0. The van der Waals surface area contributed by atoms with Crippen molar-refractivity contribution in [3.8, 4) is 0 Å². The summed E-state index contributed by atoms with van der Waals surface area (Å²) >= 11 is 0. The summed E-state index contributed by atoms with van der Waals surface area (Å²) in [6, 6.07) is 0. The van der Waals surface area contributed by atoms with Crippen molar-refractivity contribution in [1.82, 2.24) is 4.90 Å². The summed E-state index contributed by atoms with van der Waals surface area (Å²) in [5.41, 5.74) is 1.22. The lowest BCUT2D eigenvalue weighted by atomic mass is 10.2. The minimum absolute atomic E-state index is 1.12. The normalized spacial score (nSPS) is 19.6. The van der Waals surface area contributed by atoms with Crippen LogP contribution in [-0.4, -0.2) is 11.9 Å². The number of nitrogens with zero attached hydrogens (tertiary/aromatic N) is 1. The van der Waals surface area contributed by atoms with E-state index in [1.54, 1.807) is 0 Å². The van der Waals surface area contributed by atoms with Crippen LogP contribution < -0.4 is 0 Å². The van der Waals surface area contributed by atoms with Crippen molar-refractivity contribution in [3.63, 3.8) is 0 Å². The Morgan fingerprint density at radius 2 is 2.50 bits per heavy atom. The first kappa shape index (κ1) is 5.42. The zero-order chi connectivity index (χ0) is 5.98. The van der Waals surface area contributed by atoms with E-state index in [0.29, 0.717) is 0 Å². The van der Waals surface area contributed by atoms with E-state index in [2.05, 4.69) is 23.8 Å². The fourth-order valence-corrected chi connectivity index (χ4v) is 0.764. The van der Waals surface area contributed by atoms with Gasteiger partial charge in [-0.1, -0.05) is 12.7 Å². The van der Waals surface area contributed by atoms with Crippen LogP contribution in [0.2, 0.25) is 0 Å². The SMILES string of the molecule is C=C1CCC=CN1C. The highest BCUT2D eigenvalue weighted by molar-refractivity contribution is 5.04. The molecule has 0 aromatic heterocycles. The Bertz CT molecular complexity index is 124. The number of hydrogen-bond acceptors (Lipinski definition) is 1. The first-order chi connectivity index (χ1) is 3.80. The molecule has 44 valence electrons. The molecule has 1 heterocycles. The Balaban J connectivity index is 2.60. The van der Waals surface area contributed by atoms with Crippen molar-refractivity contribution < 1.29 is 0 Å². The molecule has 0 N–H and O–H groups in total. The highest BCUT2D eigenvalue weighted by atomic mass is 15.1. The van der Waals surface area contributed by atoms with Gasteiger partial charge in [-0.15, -0.1) is 0 Å². The van der Waals surface area contributed by atoms with Crippen LogP contribution in [0.3, 0.4) is 0 Å². The lowest BCUT2D eigenvalue weighted by Gasteiger charge is -2.19. The minimum Gasteiger partial charge on any atom is -0.355 e. The van der Waals surface area contributed by atoms with Crippen LogP contribution in [0.1, 0.15) is 12.8 Å². The average Bonchev–Trinajstić information content (AvgIpc) is 1.77. The van der Waals surface area contributed by atoms with Gasteiger partial charge in [0.25, 0.3) is 0 Å². The van der Waals surface area contributed by atoms with Gasteiger partial charge in [0, 0.05) is 12.7 Å². The summed E-state index contributed by atoms with van der Waals surface area (Å²) in [6.45, 7) is 3.87. The van der Waals surface area contributed by atoms with Crippen LogP contribution in [0.25, 0.3) is 0 Å². The molecular formula is C7H11N. The third-order valence-electron chi connectivity index (χ3n) is 1.43. The zero-order valence-corrected chi connectivity index (χ0v) is 5.22. The van der Waals surface area contributed by atoms with E-state index in [0.717, 1.165) is 12.8 Å². The second kappa shape index (κ2) is 2.03. The van der Waals surface area contributed by atoms with Crippen molar-refractivity contribution in [2.75, 3.05) is 7.05 Å². The van der Waals surface area contributed by atoms with Crippen LogP contribution in [0, 0.1) is 0 Å². The lowest BCUT2D eigenvalue weighted by Crippen LogP contribution is -2.11. The molecule has 0 aromatic carbocycles. The molecule has 0 aromatic rings. The van der Waals surface area contributed by atoms with Crippen LogP contribution >= 0.6 is 0 Å². The Hall–Kier alpha value is -0.720. The topological polar surface area (TPSA) is 3.24 Å². The summed E-state index contributed by atoms with van der Waals surface area (Å²) < 4.78 is 0. The molecular weight excluding hydrogens is 98.1 g/mol. The number of rotatable bonds is 0. The molecule has 0 radical (unpaired) electrons. The molecule has 0 spiro atoms. The van der Waals surface area contributed by atoms with Crippen molar-refractivity contribution in [3.05, 3.63) is 24.6 Å². The zero-order valence-electron chi connectivity index (χ0n) is 5.22. The third-order valence-corrected chi connectivity index (χ3v) is 1.43. The Kier molecular flexibility index (Phi) is 1.38. The summed E-state index contributed by atoms with van der Waals surface area (Å²) in [4.78, 5) is 2.06. The predicted octanol–water partition coefficient (Wildman–Crippen LogP) is 1.74. The van der Waals surface area contributed by atoms with E-state index in [1.165, 1.54) is 5.70 Å². The highest BCUT2D eigenvalue weighted by Gasteiger charge is 2.00. The van der Waals surface area contributed by atoms with Gasteiger partial charge >= 0.3 is 0 Å². The van der Waals surface area contributed by atoms with Gasteiger partial charge in [0.15, 0.2) is 0 Å². The average molecular weight is 109 g/mol. The Morgan fingerprint density at radius 3 is 2.88 bits per heavy atom. The van der Waals surface area contributed by atoms with Crippen molar-refractivity contribution in [2.45, 2.75) is 12.8 Å². The third kappa shape index (κ3) is 0.915. The molecule has 0 bridgehead atoms. The van der Waals surface area contributed by atoms with Gasteiger partial charge in [-0.05, 0) is 19.0 Å². The molecule has 0 aliphatic carbocycles. The van der Waals surface area contributed by atoms with Crippen molar-refractivity contribution in [1.29, 1.82) is 0 Å². The molecule has 1 aliphatic rings. The standard InChI is InChI=1S/C7H11N/c1-7-5-3-4-6-8(7)2/h4,6H,1,3,5H2,2H3. The van der Waals surface area contributed by atoms with E-state index in [1.807, 2.05) is 7.05 Å². The van der Waals surface area contributed by atoms with E-state index >= 15 is 0 Å². The second-order valence-corrected chi connectivity index (χ2v) is 2.10. The highest BCUT2D eigenvalue weighted by Crippen LogP contribution is 2.12. The van der Waals surface area contributed by atoms with E-state index in [-0.39, 0.29) is 0 Å². The molecule has 0 amide bonds. The van der Waals surface area contributed by atoms with E-state index in [4.69, 9.17) is 0 Å². The Labute approximate surface area is 50.3 Å². The largest absolute Gasteiger partial charge is 0.355 e. The number of hydrogen-bond donors (Lipinski definition) is 0. The summed E-state index contributed by atoms with van der Waals surface area (Å²) in [6.07, 6.45) is 6.50. The smallest absolute Gasteiger partial charge is 0.0108 e. The van der Waals surface area contributed by atoms with E-state index < -0.39 is 0 Å². The molecule has 0 saturated heterocycles. The lowest BCUT2D eigenvalue weighted by molar-refractivity contribution is 0.520. The molecule has 1 aliphatic heterocycles. The first-order valence-corrected chi connectivity index (χ1v) is 2.88. The molecule has 0 saturated carbocycles. The van der Waals surface area contributed by atoms with E-state index in [9.17, 15) is 0 Å². The maximum atomic E-state index is 3.87. The minimum atomic E-state index is 1.12. The van der Waals surface area contributed by atoms with Crippen LogP contribution in [0.4, 0.5) is 0 Å². The van der Waals surface area contributed by atoms with Crippen molar-refractivity contribution in [2.24, 2.45) is 0 Å². The van der Waals surface area contributed by atoms with Gasteiger partial charge in [-0.25, -0.2) is 0 Å². The molecule has 0 unspecified atom stereocenters. The molecule has 1 nitrogen and oxygen atoms in total. The molecule has 8 heavy (non-hydrogen) atoms. The van der Waals surface area contributed by atoms with Gasteiger partial charge in [-0.3, -0.25) is 0 Å². The van der Waals surface area contributed by atoms with Crippen LogP contribution in [0.5, 0.6) is 0 Å². The Morgan fingerprint density at radius 1 is 1.75 bits per heavy atom. The van der Waals surface area contributed by atoms with Gasteiger partial charge in [0.05, 0.1) is 0 Å². The summed E-state index contributed by atoms with van der Waals surface area (Å²) in [7, 11) is 2.03. The van der Waals surface area contributed by atoms with Crippen LogP contribution in [-0.2, 0) is 0 Å². The molecule has 0 fully saturated rings. The number of allylic oxidation sites excluding steroid dienone is 2. The molecule has 1 rings (SSSR count). The van der Waals surface area contributed by atoms with Gasteiger partial charge in [0.1, 0.15) is 0 Å². The van der Waals surface area contributed by atoms with Gasteiger partial charge < -0.3 is 4.90 Å².